The Hall–Kier alpha value is -2.57. The van der Waals surface area contributed by atoms with E-state index in [1.165, 1.54) is 0 Å². The second kappa shape index (κ2) is 12.9. The maximum Gasteiger partial charge on any atom is 0.120 e. The molecule has 1 atom stereocenters. The average Bonchev–Trinajstić information content (AvgIpc) is 2.80. The van der Waals surface area contributed by atoms with Crippen LogP contribution in [0.3, 0.4) is 0 Å². The van der Waals surface area contributed by atoms with E-state index in [0.29, 0.717) is 13.2 Å². The van der Waals surface area contributed by atoms with Crippen molar-refractivity contribution in [3.63, 3.8) is 0 Å². The molecule has 1 aliphatic carbocycles. The van der Waals surface area contributed by atoms with Crippen LogP contribution >= 0.6 is 0 Å². The predicted octanol–water partition coefficient (Wildman–Crippen LogP) is 5.47. The molecule has 30 heavy (non-hydrogen) atoms. The van der Waals surface area contributed by atoms with E-state index in [9.17, 15) is 5.26 Å². The van der Waals surface area contributed by atoms with Gasteiger partial charge in [0.25, 0.3) is 0 Å². The highest BCUT2D eigenvalue weighted by Gasteiger charge is 2.30. The topological polar surface area (TPSA) is 74.2 Å². The van der Waals surface area contributed by atoms with E-state index < -0.39 is 0 Å². The summed E-state index contributed by atoms with van der Waals surface area (Å²) in [5.74, 6) is 2.82. The highest BCUT2D eigenvalue weighted by Crippen LogP contribution is 2.38. The molecule has 2 aromatic rings. The van der Waals surface area contributed by atoms with Crippen molar-refractivity contribution >= 4 is 6.79 Å². The zero-order valence-corrected chi connectivity index (χ0v) is 17.8. The highest BCUT2D eigenvalue weighted by molar-refractivity contribution is 5.31. The molecule has 0 radical (unpaired) electrons. The quantitative estimate of drug-likeness (QED) is 0.432. The van der Waals surface area contributed by atoms with E-state index in [2.05, 4.69) is 0 Å². The van der Waals surface area contributed by atoms with Crippen LogP contribution in [0.2, 0.25) is 0 Å². The zero-order valence-electron chi connectivity index (χ0n) is 17.8. The van der Waals surface area contributed by atoms with Crippen molar-refractivity contribution in [1.29, 1.82) is 0 Å². The zero-order chi connectivity index (χ0) is 21.8. The Bertz CT molecular complexity index is 707. The lowest BCUT2D eigenvalue weighted by atomic mass is 9.81. The number of ether oxygens (including phenoxy) is 3. The van der Waals surface area contributed by atoms with Crippen molar-refractivity contribution < 1.29 is 29.1 Å². The molecule has 0 aromatic heterocycles. The van der Waals surface area contributed by atoms with Crippen LogP contribution in [0.25, 0.3) is 0 Å². The third-order valence-corrected chi connectivity index (χ3v) is 5.22. The van der Waals surface area contributed by atoms with Gasteiger partial charge < -0.3 is 19.0 Å². The normalized spacial score (nSPS) is 19.2. The van der Waals surface area contributed by atoms with E-state index in [-0.39, 0.29) is 18.1 Å². The van der Waals surface area contributed by atoms with Gasteiger partial charge in [0.2, 0.25) is 0 Å². The first-order valence-corrected chi connectivity index (χ1v) is 10.4. The number of carbonyl (C=O) groups is 1. The summed E-state index contributed by atoms with van der Waals surface area (Å²) in [7, 11) is 0. The minimum absolute atomic E-state index is 0.189. The van der Waals surface area contributed by atoms with E-state index in [4.69, 9.17) is 23.9 Å². The van der Waals surface area contributed by atoms with Gasteiger partial charge in [-0.05, 0) is 87.4 Å². The predicted molar refractivity (Wildman–Crippen MR) is 115 cm³/mol. The fourth-order valence-electron chi connectivity index (χ4n) is 3.82. The average molecular weight is 417 g/mol. The van der Waals surface area contributed by atoms with Crippen molar-refractivity contribution in [2.75, 3.05) is 13.2 Å². The summed E-state index contributed by atoms with van der Waals surface area (Å²) >= 11 is 0. The minimum Gasteiger partial charge on any atom is -0.494 e. The van der Waals surface area contributed by atoms with E-state index in [1.807, 2.05) is 69.2 Å². The van der Waals surface area contributed by atoms with Crippen molar-refractivity contribution in [2.45, 2.75) is 51.7 Å². The van der Waals surface area contributed by atoms with Crippen LogP contribution in [0.15, 0.2) is 48.5 Å². The van der Waals surface area contributed by atoms with E-state index in [1.54, 1.807) is 0 Å². The van der Waals surface area contributed by atoms with Gasteiger partial charge in [0.15, 0.2) is 0 Å². The van der Waals surface area contributed by atoms with Crippen molar-refractivity contribution in [3.05, 3.63) is 54.1 Å². The van der Waals surface area contributed by atoms with Crippen LogP contribution < -0.4 is 14.2 Å². The van der Waals surface area contributed by atoms with Crippen molar-refractivity contribution in [3.8, 4) is 17.2 Å². The van der Waals surface area contributed by atoms with Gasteiger partial charge in [-0.1, -0.05) is 12.1 Å². The summed E-state index contributed by atoms with van der Waals surface area (Å²) in [6.45, 7) is 7.23. The molecule has 0 amide bonds. The summed E-state index contributed by atoms with van der Waals surface area (Å²) in [6, 6.07) is 15.6. The molecule has 1 saturated carbocycles. The van der Waals surface area contributed by atoms with Gasteiger partial charge in [0.1, 0.15) is 30.1 Å². The molecule has 1 N–H and O–H groups in total. The molecule has 0 saturated heterocycles. The first kappa shape index (κ1) is 23.7. The van der Waals surface area contributed by atoms with Gasteiger partial charge in [-0.2, -0.15) is 0 Å². The molecule has 1 unspecified atom stereocenters. The van der Waals surface area contributed by atoms with E-state index in [0.717, 1.165) is 48.5 Å². The molecule has 0 bridgehead atoms. The molecule has 164 valence electrons. The van der Waals surface area contributed by atoms with Gasteiger partial charge in [-0.15, -0.1) is 0 Å². The molecule has 1 fully saturated rings. The molecular formula is C24H32O6. The Morgan fingerprint density at radius 1 is 0.833 bits per heavy atom. The largest absolute Gasteiger partial charge is 0.494 e. The van der Waals surface area contributed by atoms with Gasteiger partial charge in [0, 0.05) is 0 Å². The Morgan fingerprint density at radius 3 is 1.77 bits per heavy atom. The van der Waals surface area contributed by atoms with Gasteiger partial charge in [-0.3, -0.25) is 5.26 Å². The molecule has 1 aliphatic rings. The van der Waals surface area contributed by atoms with E-state index >= 15 is 0 Å². The summed E-state index contributed by atoms with van der Waals surface area (Å²) in [5.41, 5.74) is 0.974. The second-order valence-electron chi connectivity index (χ2n) is 7.09. The molecule has 0 spiro atoms. The van der Waals surface area contributed by atoms with Crippen LogP contribution in [-0.2, 0) is 9.68 Å². The monoisotopic (exact) mass is 416 g/mol. The summed E-state index contributed by atoms with van der Waals surface area (Å²) in [5, 5.41) is 9.50. The van der Waals surface area contributed by atoms with Crippen molar-refractivity contribution in [1.82, 2.24) is 0 Å². The smallest absolute Gasteiger partial charge is 0.120 e. The molecular weight excluding hydrogens is 384 g/mol. The minimum atomic E-state index is -0.317. The lowest BCUT2D eigenvalue weighted by Gasteiger charge is -2.32. The number of carbonyl (C=O) groups excluding carboxylic acids is 1. The van der Waals surface area contributed by atoms with Gasteiger partial charge >= 0.3 is 0 Å². The molecule has 0 heterocycles. The SMILES string of the molecule is C=O.CCOc1ccc(OC2CCC(C(OO)c3ccc(OCC)cc3)CC2)cc1. The lowest BCUT2D eigenvalue weighted by molar-refractivity contribution is -0.296. The Kier molecular flexibility index (Phi) is 10.2. The standard InChI is InChI=1S/C23H30O5.CH2O/c1-3-25-19-9-5-17(6-10-19)23(28-24)18-7-11-21(12-8-18)27-22-15-13-20(14-16-22)26-4-2;1-2/h5-6,9-10,13-16,18,21,23-24H,3-4,7-8,11-12H2,1-2H3;1H2. The number of benzene rings is 2. The fraction of sp³-hybridized carbons (Fsp3) is 0.458. The van der Waals surface area contributed by atoms with Crippen LogP contribution in [0.5, 0.6) is 17.2 Å². The first-order valence-electron chi connectivity index (χ1n) is 10.4. The molecule has 6 nitrogen and oxygen atoms in total. The summed E-state index contributed by atoms with van der Waals surface area (Å²) < 4.78 is 17.1. The lowest BCUT2D eigenvalue weighted by Crippen LogP contribution is -2.27. The molecule has 0 aliphatic heterocycles. The summed E-state index contributed by atoms with van der Waals surface area (Å²) in [4.78, 5) is 12.9. The van der Waals surface area contributed by atoms with Crippen LogP contribution in [0.1, 0.15) is 51.2 Å². The fourth-order valence-corrected chi connectivity index (χ4v) is 3.82. The Balaban J connectivity index is 0.00000155. The van der Waals surface area contributed by atoms with Crippen LogP contribution in [0.4, 0.5) is 0 Å². The van der Waals surface area contributed by atoms with Crippen molar-refractivity contribution in [2.24, 2.45) is 5.92 Å². The Morgan fingerprint density at radius 2 is 1.30 bits per heavy atom. The first-order chi connectivity index (χ1) is 14.7. The third kappa shape index (κ3) is 6.75. The third-order valence-electron chi connectivity index (χ3n) is 5.22. The summed E-state index contributed by atoms with van der Waals surface area (Å²) in [6.07, 6.45) is 3.64. The number of hydrogen-bond acceptors (Lipinski definition) is 6. The highest BCUT2D eigenvalue weighted by atomic mass is 17.1. The number of rotatable bonds is 9. The second-order valence-corrected chi connectivity index (χ2v) is 7.09. The maximum absolute atomic E-state index is 9.50. The van der Waals surface area contributed by atoms with Crippen LogP contribution in [-0.4, -0.2) is 31.4 Å². The maximum atomic E-state index is 9.50. The molecule has 3 rings (SSSR count). The Labute approximate surface area is 178 Å². The molecule has 6 heteroatoms. The molecule has 2 aromatic carbocycles. The van der Waals surface area contributed by atoms with Gasteiger partial charge in [0.05, 0.1) is 19.3 Å². The number of hydrogen-bond donors (Lipinski definition) is 1. The van der Waals surface area contributed by atoms with Gasteiger partial charge in [-0.25, -0.2) is 4.89 Å². The van der Waals surface area contributed by atoms with Crippen LogP contribution in [0, 0.1) is 5.92 Å².